The second-order valence-corrected chi connectivity index (χ2v) is 9.31. The number of hydrogen-bond acceptors (Lipinski definition) is 5. The Morgan fingerprint density at radius 3 is 2.45 bits per heavy atom. The minimum absolute atomic E-state index is 0.265. The van der Waals surface area contributed by atoms with Crippen LogP contribution in [0.15, 0.2) is 102 Å². The molecule has 8 nitrogen and oxygen atoms in total. The van der Waals surface area contributed by atoms with Gasteiger partial charge in [-0.15, -0.1) is 0 Å². The van der Waals surface area contributed by atoms with Gasteiger partial charge in [0.15, 0.2) is 5.65 Å². The van der Waals surface area contributed by atoms with Gasteiger partial charge >= 0.3 is 0 Å². The number of rotatable bonds is 4. The quantitative estimate of drug-likeness (QED) is 0.340. The van der Waals surface area contributed by atoms with Crippen molar-refractivity contribution in [1.82, 2.24) is 29.5 Å². The third-order valence-corrected chi connectivity index (χ3v) is 6.59. The fourth-order valence-electron chi connectivity index (χ4n) is 4.73. The van der Waals surface area contributed by atoms with Gasteiger partial charge in [-0.2, -0.15) is 5.10 Å². The number of hydrogen-bond donors (Lipinski definition) is 1. The van der Waals surface area contributed by atoms with Gasteiger partial charge in [0.1, 0.15) is 11.4 Å². The van der Waals surface area contributed by atoms with Crippen LogP contribution in [0, 0.1) is 18.8 Å². The molecule has 0 saturated heterocycles. The van der Waals surface area contributed by atoms with E-state index in [0.29, 0.717) is 44.9 Å². The maximum absolute atomic E-state index is 14.1. The highest BCUT2D eigenvalue weighted by Gasteiger charge is 2.24. The number of nitrogens with zero attached hydrogens (tertiary/aromatic N) is 5. The van der Waals surface area contributed by atoms with Crippen molar-refractivity contribution in [3.63, 3.8) is 0 Å². The lowest BCUT2D eigenvalue weighted by Crippen LogP contribution is -2.33. The monoisotopic (exact) mass is 524 g/mol. The van der Waals surface area contributed by atoms with Crippen molar-refractivity contribution in [1.29, 1.82) is 0 Å². The second kappa shape index (κ2) is 10.3. The maximum atomic E-state index is 14.1. The summed E-state index contributed by atoms with van der Waals surface area (Å²) in [7, 11) is 0. The SMILES string of the molecule is Cc1nn2cccnc2c1C(=O)NC(C)c1nc2cccc(C#Cc3ccccc3)c2c(=O)n1-c1ccccc1. The van der Waals surface area contributed by atoms with E-state index in [9.17, 15) is 9.59 Å². The van der Waals surface area contributed by atoms with E-state index in [1.54, 1.807) is 47.5 Å². The number of carbonyl (C=O) groups excluding carboxylic acids is 1. The molecule has 1 atom stereocenters. The number of amides is 1. The van der Waals surface area contributed by atoms with Crippen LogP contribution in [0.4, 0.5) is 0 Å². The molecular formula is C32H24N6O2. The molecule has 1 amide bonds. The van der Waals surface area contributed by atoms with Crippen molar-refractivity contribution < 1.29 is 4.79 Å². The summed E-state index contributed by atoms with van der Waals surface area (Å²) in [5.41, 5.74) is 3.69. The highest BCUT2D eigenvalue weighted by atomic mass is 16.2. The molecule has 194 valence electrons. The van der Waals surface area contributed by atoms with Gasteiger partial charge < -0.3 is 5.32 Å². The lowest BCUT2D eigenvalue weighted by molar-refractivity contribution is 0.0938. The summed E-state index contributed by atoms with van der Waals surface area (Å²) in [5, 5.41) is 7.82. The van der Waals surface area contributed by atoms with E-state index in [2.05, 4.69) is 27.2 Å². The van der Waals surface area contributed by atoms with Gasteiger partial charge in [0.2, 0.25) is 0 Å². The van der Waals surface area contributed by atoms with Crippen LogP contribution >= 0.6 is 0 Å². The fourth-order valence-corrected chi connectivity index (χ4v) is 4.73. The van der Waals surface area contributed by atoms with Gasteiger partial charge in [-0.25, -0.2) is 14.5 Å². The van der Waals surface area contributed by atoms with Crippen molar-refractivity contribution in [2.45, 2.75) is 19.9 Å². The van der Waals surface area contributed by atoms with Crippen LogP contribution in [-0.2, 0) is 0 Å². The van der Waals surface area contributed by atoms with Gasteiger partial charge in [0.25, 0.3) is 11.5 Å². The van der Waals surface area contributed by atoms with Crippen molar-refractivity contribution in [3.8, 4) is 17.5 Å². The Hall–Kier alpha value is -5.55. The molecule has 0 saturated carbocycles. The second-order valence-electron chi connectivity index (χ2n) is 9.31. The molecule has 0 aliphatic carbocycles. The van der Waals surface area contributed by atoms with Crippen molar-refractivity contribution in [2.75, 3.05) is 0 Å². The van der Waals surface area contributed by atoms with Crippen LogP contribution in [0.1, 0.15) is 46.0 Å². The highest BCUT2D eigenvalue weighted by Crippen LogP contribution is 2.21. The maximum Gasteiger partial charge on any atom is 0.267 e. The Balaban J connectivity index is 1.48. The first-order valence-corrected chi connectivity index (χ1v) is 12.8. The molecule has 3 heterocycles. The fraction of sp³-hybridized carbons (Fsp3) is 0.0938. The Morgan fingerprint density at radius 1 is 0.925 bits per heavy atom. The zero-order chi connectivity index (χ0) is 27.6. The van der Waals surface area contributed by atoms with Crippen LogP contribution in [0.2, 0.25) is 0 Å². The average molecular weight is 525 g/mol. The van der Waals surface area contributed by atoms with E-state index in [4.69, 9.17) is 4.98 Å². The molecule has 0 fully saturated rings. The topological polar surface area (TPSA) is 94.2 Å². The Kier molecular flexibility index (Phi) is 6.38. The van der Waals surface area contributed by atoms with Crippen LogP contribution < -0.4 is 10.9 Å². The molecule has 1 unspecified atom stereocenters. The van der Waals surface area contributed by atoms with E-state index < -0.39 is 6.04 Å². The molecule has 0 radical (unpaired) electrons. The Morgan fingerprint density at radius 2 is 1.68 bits per heavy atom. The summed E-state index contributed by atoms with van der Waals surface area (Å²) >= 11 is 0. The molecule has 1 N–H and O–H groups in total. The van der Waals surface area contributed by atoms with Crippen LogP contribution in [0.5, 0.6) is 0 Å². The molecule has 0 spiro atoms. The van der Waals surface area contributed by atoms with Crippen molar-refractivity contribution >= 4 is 22.5 Å². The van der Waals surface area contributed by atoms with Crippen molar-refractivity contribution in [2.24, 2.45) is 0 Å². The summed E-state index contributed by atoms with van der Waals surface area (Å²) in [6.45, 7) is 3.57. The average Bonchev–Trinajstić information content (AvgIpc) is 3.32. The van der Waals surface area contributed by atoms with Crippen LogP contribution in [0.3, 0.4) is 0 Å². The summed E-state index contributed by atoms with van der Waals surface area (Å²) in [6.07, 6.45) is 3.36. The van der Waals surface area contributed by atoms with E-state index in [1.807, 2.05) is 72.8 Å². The van der Waals surface area contributed by atoms with Gasteiger partial charge in [-0.3, -0.25) is 14.2 Å². The normalized spacial score (nSPS) is 11.7. The van der Waals surface area contributed by atoms with E-state index in [1.165, 1.54) is 0 Å². The molecule has 6 aromatic rings. The molecule has 0 aliphatic heterocycles. The smallest absolute Gasteiger partial charge is 0.267 e. The van der Waals surface area contributed by atoms with Crippen molar-refractivity contribution in [3.05, 3.63) is 136 Å². The largest absolute Gasteiger partial charge is 0.342 e. The minimum Gasteiger partial charge on any atom is -0.342 e. The van der Waals surface area contributed by atoms with Crippen LogP contribution in [-0.4, -0.2) is 30.1 Å². The minimum atomic E-state index is -0.623. The number of carbonyl (C=O) groups is 1. The zero-order valence-electron chi connectivity index (χ0n) is 21.9. The summed E-state index contributed by atoms with van der Waals surface area (Å²) in [5.74, 6) is 6.34. The first-order chi connectivity index (χ1) is 19.5. The summed E-state index contributed by atoms with van der Waals surface area (Å²) < 4.78 is 3.11. The molecule has 40 heavy (non-hydrogen) atoms. The first-order valence-electron chi connectivity index (χ1n) is 12.8. The predicted octanol–water partition coefficient (Wildman–Crippen LogP) is 4.63. The number of aromatic nitrogens is 5. The molecule has 3 aromatic carbocycles. The number of nitrogens with one attached hydrogen (secondary N) is 1. The Bertz CT molecular complexity index is 2000. The molecule has 3 aromatic heterocycles. The molecule has 6 rings (SSSR count). The van der Waals surface area contributed by atoms with Crippen LogP contribution in [0.25, 0.3) is 22.2 Å². The van der Waals surface area contributed by atoms with Gasteiger partial charge in [-0.05, 0) is 56.3 Å². The lowest BCUT2D eigenvalue weighted by Gasteiger charge is -2.20. The molecule has 8 heteroatoms. The number of fused-ring (bicyclic) bond motifs is 2. The first kappa shape index (κ1) is 24.8. The predicted molar refractivity (Wildman–Crippen MR) is 153 cm³/mol. The molecular weight excluding hydrogens is 500 g/mol. The number of aryl methyl sites for hydroxylation is 1. The Labute approximate surface area is 230 Å². The third kappa shape index (κ3) is 4.50. The van der Waals surface area contributed by atoms with E-state index >= 15 is 0 Å². The summed E-state index contributed by atoms with van der Waals surface area (Å²) in [6, 6.07) is 25.4. The van der Waals surface area contributed by atoms with Gasteiger partial charge in [-0.1, -0.05) is 54.3 Å². The highest BCUT2D eigenvalue weighted by molar-refractivity contribution is 6.01. The number of benzene rings is 3. The lowest BCUT2D eigenvalue weighted by atomic mass is 10.1. The third-order valence-electron chi connectivity index (χ3n) is 6.59. The standard InChI is InChI=1S/C32H24N6O2/c1-21-27(30-33-19-10-20-37(30)36-21)31(39)34-22(2)29-35-26-16-9-13-24(18-17-23-11-5-3-6-12-23)28(26)32(40)38(29)25-14-7-4-8-15-25/h3-16,19-20,22H,1-2H3,(H,34,39). The zero-order valence-corrected chi connectivity index (χ0v) is 21.9. The summed E-state index contributed by atoms with van der Waals surface area (Å²) in [4.78, 5) is 36.8. The van der Waals surface area contributed by atoms with E-state index in [0.717, 1.165) is 5.56 Å². The van der Waals surface area contributed by atoms with Gasteiger partial charge in [0.05, 0.1) is 28.3 Å². The number of para-hydroxylation sites is 1. The molecule has 0 aliphatic rings. The van der Waals surface area contributed by atoms with Gasteiger partial charge in [0, 0.05) is 23.5 Å². The van der Waals surface area contributed by atoms with E-state index in [-0.39, 0.29) is 11.5 Å². The molecule has 0 bridgehead atoms.